The lowest BCUT2D eigenvalue weighted by Crippen LogP contribution is -2.28. The number of rotatable bonds is 7. The Morgan fingerprint density at radius 1 is 0.897 bits per heavy atom. The average molecular weight is 387 g/mol. The molecule has 5 nitrogen and oxygen atoms in total. The molecule has 3 rings (SSSR count). The number of anilines is 2. The van der Waals surface area contributed by atoms with Crippen LogP contribution in [0.15, 0.2) is 78.9 Å². The third kappa shape index (κ3) is 5.23. The van der Waals surface area contributed by atoms with Gasteiger partial charge in [0.15, 0.2) is 0 Å². The molecule has 0 saturated heterocycles. The maximum absolute atomic E-state index is 12.6. The average Bonchev–Trinajstić information content (AvgIpc) is 2.75. The molecule has 29 heavy (non-hydrogen) atoms. The topological polar surface area (TPSA) is 84.2 Å². The van der Waals surface area contributed by atoms with Gasteiger partial charge in [-0.2, -0.15) is 0 Å². The molecule has 0 aliphatic heterocycles. The van der Waals surface area contributed by atoms with E-state index in [2.05, 4.69) is 10.6 Å². The molecule has 0 saturated carbocycles. The van der Waals surface area contributed by atoms with E-state index < -0.39 is 0 Å². The summed E-state index contributed by atoms with van der Waals surface area (Å²) in [6, 6.07) is 24.1. The number of hydrogen-bond acceptors (Lipinski definition) is 3. The van der Waals surface area contributed by atoms with Crippen LogP contribution >= 0.6 is 0 Å². The lowest BCUT2D eigenvalue weighted by molar-refractivity contribution is -0.122. The zero-order valence-corrected chi connectivity index (χ0v) is 16.4. The zero-order chi connectivity index (χ0) is 20.6. The van der Waals surface area contributed by atoms with E-state index in [0.29, 0.717) is 23.5 Å². The molecule has 0 bridgehead atoms. The van der Waals surface area contributed by atoms with E-state index in [4.69, 9.17) is 5.73 Å². The number of nitrogens with one attached hydrogen (secondary N) is 2. The van der Waals surface area contributed by atoms with Crippen molar-refractivity contribution < 1.29 is 9.59 Å². The highest BCUT2D eigenvalue weighted by atomic mass is 16.2. The smallest absolute Gasteiger partial charge is 0.255 e. The normalized spacial score (nSPS) is 11.5. The number of nitrogens with two attached hydrogens (primary N) is 1. The third-order valence-electron chi connectivity index (χ3n) is 4.82. The second-order valence-electron chi connectivity index (χ2n) is 6.83. The van der Waals surface area contributed by atoms with Crippen molar-refractivity contribution in [1.82, 2.24) is 5.32 Å². The number of nitrogen functional groups attached to an aromatic ring is 1. The van der Waals surface area contributed by atoms with Crippen molar-refractivity contribution in [3.05, 3.63) is 95.6 Å². The minimum atomic E-state index is -0.228. The number of hydrogen-bond donors (Lipinski definition) is 3. The summed E-state index contributed by atoms with van der Waals surface area (Å²) in [6.45, 7) is 2.42. The monoisotopic (exact) mass is 387 g/mol. The summed E-state index contributed by atoms with van der Waals surface area (Å²) in [7, 11) is 0. The van der Waals surface area contributed by atoms with Gasteiger partial charge in [0, 0.05) is 12.1 Å². The summed E-state index contributed by atoms with van der Waals surface area (Å²) in [5, 5.41) is 5.79. The van der Waals surface area contributed by atoms with Crippen LogP contribution in [0.4, 0.5) is 11.4 Å². The Labute approximate surface area is 170 Å². The van der Waals surface area contributed by atoms with Crippen molar-refractivity contribution >= 4 is 23.2 Å². The molecular weight excluding hydrogens is 362 g/mol. The Kier molecular flexibility index (Phi) is 6.63. The molecule has 2 amide bonds. The summed E-state index contributed by atoms with van der Waals surface area (Å²) in [4.78, 5) is 25.0. The molecule has 3 aromatic rings. The first kappa shape index (κ1) is 20.1. The Morgan fingerprint density at radius 3 is 2.21 bits per heavy atom. The van der Waals surface area contributed by atoms with Crippen molar-refractivity contribution in [2.45, 2.75) is 25.8 Å². The number of benzene rings is 3. The second kappa shape index (κ2) is 9.55. The van der Waals surface area contributed by atoms with Crippen LogP contribution in [0, 0.1) is 0 Å². The minimum Gasteiger partial charge on any atom is -0.397 e. The van der Waals surface area contributed by atoms with Gasteiger partial charge < -0.3 is 16.4 Å². The number of carbonyl (C=O) groups excluding carboxylic acids is 2. The van der Waals surface area contributed by atoms with Crippen molar-refractivity contribution in [1.29, 1.82) is 0 Å². The molecule has 0 spiro atoms. The van der Waals surface area contributed by atoms with Crippen LogP contribution in [0.5, 0.6) is 0 Å². The summed E-state index contributed by atoms with van der Waals surface area (Å²) in [5.74, 6) is -0.397. The van der Waals surface area contributed by atoms with Crippen LogP contribution in [0.25, 0.3) is 0 Å². The Hall–Kier alpha value is -3.60. The van der Waals surface area contributed by atoms with Gasteiger partial charge in [-0.1, -0.05) is 61.5 Å². The van der Waals surface area contributed by atoms with Gasteiger partial charge in [0.1, 0.15) is 0 Å². The predicted molar refractivity (Wildman–Crippen MR) is 117 cm³/mol. The fourth-order valence-corrected chi connectivity index (χ4v) is 3.15. The first-order chi connectivity index (χ1) is 14.1. The fraction of sp³-hybridized carbons (Fsp3) is 0.167. The largest absolute Gasteiger partial charge is 0.397 e. The molecule has 148 valence electrons. The number of carbonyl (C=O) groups is 2. The maximum atomic E-state index is 12.6. The third-order valence-corrected chi connectivity index (χ3v) is 4.82. The zero-order valence-electron chi connectivity index (χ0n) is 16.4. The summed E-state index contributed by atoms with van der Waals surface area (Å²) in [6.07, 6.45) is 0.734. The van der Waals surface area contributed by atoms with Crippen molar-refractivity contribution in [3.8, 4) is 0 Å². The lowest BCUT2D eigenvalue weighted by atomic mass is 9.95. The first-order valence-electron chi connectivity index (χ1n) is 9.66. The highest BCUT2D eigenvalue weighted by Gasteiger charge is 2.18. The maximum Gasteiger partial charge on any atom is 0.255 e. The lowest BCUT2D eigenvalue weighted by Gasteiger charge is -2.15. The predicted octanol–water partition coefficient (Wildman–Crippen LogP) is 4.33. The van der Waals surface area contributed by atoms with E-state index in [1.165, 1.54) is 0 Å². The SMILES string of the molecule is CCC(C(=O)NCc1ccc(C(=O)Nc2ccccc2N)cc1)c1ccccc1. The number of para-hydroxylation sites is 2. The van der Waals surface area contributed by atoms with Gasteiger partial charge >= 0.3 is 0 Å². The van der Waals surface area contributed by atoms with Gasteiger partial charge in [0.25, 0.3) is 5.91 Å². The molecule has 0 aromatic heterocycles. The molecule has 0 heterocycles. The van der Waals surface area contributed by atoms with Crippen LogP contribution in [-0.2, 0) is 11.3 Å². The Balaban J connectivity index is 1.58. The Morgan fingerprint density at radius 2 is 1.55 bits per heavy atom. The fourth-order valence-electron chi connectivity index (χ4n) is 3.15. The van der Waals surface area contributed by atoms with E-state index in [1.807, 2.05) is 61.5 Å². The molecule has 1 atom stereocenters. The van der Waals surface area contributed by atoms with Crippen LogP contribution in [-0.4, -0.2) is 11.8 Å². The first-order valence-corrected chi connectivity index (χ1v) is 9.66. The molecule has 5 heteroatoms. The van der Waals surface area contributed by atoms with Crippen molar-refractivity contribution in [2.75, 3.05) is 11.1 Å². The standard InChI is InChI=1S/C24H25N3O2/c1-2-20(18-8-4-3-5-9-18)24(29)26-16-17-12-14-19(15-13-17)23(28)27-22-11-7-6-10-21(22)25/h3-15,20H,2,16,25H2,1H3,(H,26,29)(H,27,28). The molecule has 0 aliphatic carbocycles. The van der Waals surface area contributed by atoms with Crippen LogP contribution in [0.3, 0.4) is 0 Å². The van der Waals surface area contributed by atoms with Gasteiger partial charge in [0.2, 0.25) is 5.91 Å². The quantitative estimate of drug-likeness (QED) is 0.528. The molecule has 0 fully saturated rings. The molecule has 0 aliphatic rings. The van der Waals surface area contributed by atoms with Gasteiger partial charge in [-0.3, -0.25) is 9.59 Å². The van der Waals surface area contributed by atoms with E-state index in [-0.39, 0.29) is 17.7 Å². The van der Waals surface area contributed by atoms with E-state index in [1.54, 1.807) is 24.3 Å². The number of amides is 2. The van der Waals surface area contributed by atoms with E-state index in [0.717, 1.165) is 17.5 Å². The molecule has 3 aromatic carbocycles. The molecule has 4 N–H and O–H groups in total. The van der Waals surface area contributed by atoms with Crippen molar-refractivity contribution in [3.63, 3.8) is 0 Å². The highest BCUT2D eigenvalue weighted by Crippen LogP contribution is 2.20. The Bertz CT molecular complexity index is 969. The summed E-state index contributed by atoms with van der Waals surface area (Å²) >= 11 is 0. The van der Waals surface area contributed by atoms with E-state index in [9.17, 15) is 9.59 Å². The molecule has 1 unspecified atom stereocenters. The van der Waals surface area contributed by atoms with Gasteiger partial charge in [-0.25, -0.2) is 0 Å². The highest BCUT2D eigenvalue weighted by molar-refractivity contribution is 6.05. The minimum absolute atomic E-state index is 0.0000670. The van der Waals surface area contributed by atoms with Gasteiger partial charge in [0.05, 0.1) is 17.3 Å². The van der Waals surface area contributed by atoms with Gasteiger partial charge in [-0.15, -0.1) is 0 Å². The van der Waals surface area contributed by atoms with Crippen LogP contribution < -0.4 is 16.4 Å². The molecule has 0 radical (unpaired) electrons. The summed E-state index contributed by atoms with van der Waals surface area (Å²) < 4.78 is 0. The van der Waals surface area contributed by atoms with E-state index >= 15 is 0 Å². The summed E-state index contributed by atoms with van der Waals surface area (Å²) in [5.41, 5.74) is 9.43. The van der Waals surface area contributed by atoms with Crippen LogP contribution in [0.1, 0.15) is 40.7 Å². The second-order valence-corrected chi connectivity index (χ2v) is 6.83. The van der Waals surface area contributed by atoms with Crippen molar-refractivity contribution in [2.24, 2.45) is 0 Å². The van der Waals surface area contributed by atoms with Crippen LogP contribution in [0.2, 0.25) is 0 Å². The van der Waals surface area contributed by atoms with Gasteiger partial charge in [-0.05, 0) is 41.8 Å². The molecular formula is C24H25N3O2.